The lowest BCUT2D eigenvalue weighted by atomic mass is 9.77. The Bertz CT molecular complexity index is 411. The first-order chi connectivity index (χ1) is 9.15. The van der Waals surface area contributed by atoms with Crippen LogP contribution in [0.5, 0.6) is 0 Å². The van der Waals surface area contributed by atoms with Gasteiger partial charge in [0.15, 0.2) is 0 Å². The summed E-state index contributed by atoms with van der Waals surface area (Å²) in [6.45, 7) is 1.01. The van der Waals surface area contributed by atoms with Crippen LogP contribution in [-0.2, 0) is 6.42 Å². The second kappa shape index (κ2) is 6.47. The minimum absolute atomic E-state index is 0.275. The van der Waals surface area contributed by atoms with Crippen LogP contribution in [0.3, 0.4) is 0 Å². The van der Waals surface area contributed by atoms with E-state index < -0.39 is 0 Å². The van der Waals surface area contributed by atoms with Crippen LogP contribution in [-0.4, -0.2) is 13.6 Å². The number of hydrogen-bond donors (Lipinski definition) is 1. The van der Waals surface area contributed by atoms with Crippen molar-refractivity contribution in [1.29, 1.82) is 0 Å². The number of aryl methyl sites for hydroxylation is 1. The number of halogens is 2. The van der Waals surface area contributed by atoms with Crippen LogP contribution in [0, 0.1) is 17.0 Å². The SMILES string of the molecule is CNCCC1(CCc2cc(F)ccc2F)CCCC1. The lowest BCUT2D eigenvalue weighted by Crippen LogP contribution is -2.23. The molecule has 0 aromatic heterocycles. The quantitative estimate of drug-likeness (QED) is 0.819. The normalized spacial score (nSPS) is 17.8. The highest BCUT2D eigenvalue weighted by molar-refractivity contribution is 5.19. The van der Waals surface area contributed by atoms with Gasteiger partial charge in [0.1, 0.15) is 11.6 Å². The molecule has 1 aliphatic carbocycles. The average Bonchev–Trinajstić information content (AvgIpc) is 2.87. The second-order valence-electron chi connectivity index (χ2n) is 5.80. The van der Waals surface area contributed by atoms with Gasteiger partial charge in [-0.3, -0.25) is 0 Å². The van der Waals surface area contributed by atoms with Crippen LogP contribution >= 0.6 is 0 Å². The third-order valence-electron chi connectivity index (χ3n) is 4.50. The summed E-state index contributed by atoms with van der Waals surface area (Å²) in [6, 6.07) is 3.76. The van der Waals surface area contributed by atoms with E-state index in [9.17, 15) is 8.78 Å². The zero-order chi connectivity index (χ0) is 13.7. The topological polar surface area (TPSA) is 12.0 Å². The fourth-order valence-electron chi connectivity index (χ4n) is 3.27. The van der Waals surface area contributed by atoms with Gasteiger partial charge in [-0.2, -0.15) is 0 Å². The average molecular weight is 267 g/mol. The lowest BCUT2D eigenvalue weighted by Gasteiger charge is -2.29. The molecule has 1 saturated carbocycles. The summed E-state index contributed by atoms with van der Waals surface area (Å²) in [7, 11) is 1.97. The molecule has 2 rings (SSSR count). The first-order valence-electron chi connectivity index (χ1n) is 7.24. The molecule has 19 heavy (non-hydrogen) atoms. The van der Waals surface area contributed by atoms with E-state index in [4.69, 9.17) is 0 Å². The standard InChI is InChI=1S/C16H23F2N/c1-19-11-10-16(7-2-3-8-16)9-6-13-12-14(17)4-5-15(13)18/h4-5,12,19H,2-3,6-11H2,1H3. The summed E-state index contributed by atoms with van der Waals surface area (Å²) in [5.41, 5.74) is 0.859. The largest absolute Gasteiger partial charge is 0.320 e. The van der Waals surface area contributed by atoms with E-state index in [1.165, 1.54) is 43.9 Å². The first kappa shape index (κ1) is 14.4. The smallest absolute Gasteiger partial charge is 0.126 e. The molecular weight excluding hydrogens is 244 g/mol. The zero-order valence-electron chi connectivity index (χ0n) is 11.6. The molecule has 1 nitrogen and oxygen atoms in total. The molecule has 106 valence electrons. The highest BCUT2D eigenvalue weighted by Crippen LogP contribution is 2.44. The van der Waals surface area contributed by atoms with Crippen molar-refractivity contribution < 1.29 is 8.78 Å². The van der Waals surface area contributed by atoms with Crippen LogP contribution in [0.15, 0.2) is 18.2 Å². The molecule has 1 aromatic rings. The highest BCUT2D eigenvalue weighted by Gasteiger charge is 2.32. The summed E-state index contributed by atoms with van der Waals surface area (Å²) >= 11 is 0. The van der Waals surface area contributed by atoms with Crippen LogP contribution in [0.2, 0.25) is 0 Å². The Kier molecular flexibility index (Phi) is 4.92. The van der Waals surface area contributed by atoms with Crippen molar-refractivity contribution in [3.05, 3.63) is 35.4 Å². The van der Waals surface area contributed by atoms with E-state index in [1.807, 2.05) is 7.05 Å². The van der Waals surface area contributed by atoms with E-state index in [0.717, 1.165) is 19.4 Å². The molecule has 0 saturated heterocycles. The van der Waals surface area contributed by atoms with Gasteiger partial charge in [0.2, 0.25) is 0 Å². The third-order valence-corrected chi connectivity index (χ3v) is 4.50. The van der Waals surface area contributed by atoms with Crippen molar-refractivity contribution in [2.75, 3.05) is 13.6 Å². The van der Waals surface area contributed by atoms with E-state index in [-0.39, 0.29) is 11.6 Å². The maximum atomic E-state index is 13.6. The summed E-state index contributed by atoms with van der Waals surface area (Å²) in [6.07, 6.45) is 7.75. The Hall–Kier alpha value is -0.960. The van der Waals surface area contributed by atoms with Crippen LogP contribution < -0.4 is 5.32 Å². The molecule has 0 amide bonds. The minimum Gasteiger partial charge on any atom is -0.320 e. The summed E-state index contributed by atoms with van der Waals surface area (Å²) in [5, 5.41) is 3.20. The molecule has 1 aromatic carbocycles. The Morgan fingerprint density at radius 1 is 1.16 bits per heavy atom. The van der Waals surface area contributed by atoms with Crippen molar-refractivity contribution in [1.82, 2.24) is 5.32 Å². The summed E-state index contributed by atoms with van der Waals surface area (Å²) in [4.78, 5) is 0. The van der Waals surface area contributed by atoms with Gasteiger partial charge in [-0.1, -0.05) is 12.8 Å². The van der Waals surface area contributed by atoms with Gasteiger partial charge in [0.25, 0.3) is 0 Å². The van der Waals surface area contributed by atoms with Crippen LogP contribution in [0.25, 0.3) is 0 Å². The van der Waals surface area contributed by atoms with Crippen molar-refractivity contribution in [3.63, 3.8) is 0 Å². The Labute approximate surface area is 114 Å². The Balaban J connectivity index is 2.00. The van der Waals surface area contributed by atoms with Crippen molar-refractivity contribution in [2.45, 2.75) is 44.9 Å². The summed E-state index contributed by atoms with van der Waals surface area (Å²) < 4.78 is 26.8. The van der Waals surface area contributed by atoms with E-state index in [0.29, 0.717) is 17.4 Å². The van der Waals surface area contributed by atoms with Gasteiger partial charge in [0, 0.05) is 0 Å². The van der Waals surface area contributed by atoms with Crippen LogP contribution in [0.4, 0.5) is 8.78 Å². The third kappa shape index (κ3) is 3.75. The molecule has 0 aliphatic heterocycles. The predicted molar refractivity (Wildman–Crippen MR) is 74.1 cm³/mol. The predicted octanol–water partition coefficient (Wildman–Crippen LogP) is 4.07. The molecule has 1 N–H and O–H groups in total. The van der Waals surface area contributed by atoms with Gasteiger partial charge < -0.3 is 5.32 Å². The van der Waals surface area contributed by atoms with Gasteiger partial charge in [-0.15, -0.1) is 0 Å². The Morgan fingerprint density at radius 2 is 1.89 bits per heavy atom. The van der Waals surface area contributed by atoms with Gasteiger partial charge in [0.05, 0.1) is 0 Å². The monoisotopic (exact) mass is 267 g/mol. The number of hydrogen-bond acceptors (Lipinski definition) is 1. The van der Waals surface area contributed by atoms with Crippen molar-refractivity contribution >= 4 is 0 Å². The van der Waals surface area contributed by atoms with Crippen molar-refractivity contribution in [2.24, 2.45) is 5.41 Å². The van der Waals surface area contributed by atoms with E-state index >= 15 is 0 Å². The molecule has 3 heteroatoms. The molecule has 0 atom stereocenters. The number of rotatable bonds is 6. The number of benzene rings is 1. The van der Waals surface area contributed by atoms with Gasteiger partial charge in [-0.05, 0) is 74.9 Å². The van der Waals surface area contributed by atoms with Crippen LogP contribution in [0.1, 0.15) is 44.1 Å². The first-order valence-corrected chi connectivity index (χ1v) is 7.24. The molecule has 0 heterocycles. The molecule has 0 bridgehead atoms. The second-order valence-corrected chi connectivity index (χ2v) is 5.80. The van der Waals surface area contributed by atoms with Gasteiger partial charge >= 0.3 is 0 Å². The molecule has 1 fully saturated rings. The summed E-state index contributed by atoms with van der Waals surface area (Å²) in [5.74, 6) is -0.615. The maximum Gasteiger partial charge on any atom is 0.126 e. The molecular formula is C16H23F2N. The Morgan fingerprint density at radius 3 is 2.58 bits per heavy atom. The van der Waals surface area contributed by atoms with E-state index in [2.05, 4.69) is 5.32 Å². The molecule has 0 radical (unpaired) electrons. The molecule has 0 spiro atoms. The lowest BCUT2D eigenvalue weighted by molar-refractivity contribution is 0.246. The maximum absolute atomic E-state index is 13.6. The van der Waals surface area contributed by atoms with E-state index in [1.54, 1.807) is 0 Å². The minimum atomic E-state index is -0.341. The highest BCUT2D eigenvalue weighted by atomic mass is 19.1. The van der Waals surface area contributed by atoms with Gasteiger partial charge in [-0.25, -0.2) is 8.78 Å². The van der Waals surface area contributed by atoms with Crippen molar-refractivity contribution in [3.8, 4) is 0 Å². The fourth-order valence-corrected chi connectivity index (χ4v) is 3.27. The zero-order valence-corrected chi connectivity index (χ0v) is 11.6. The number of nitrogens with one attached hydrogen (secondary N) is 1. The fraction of sp³-hybridized carbons (Fsp3) is 0.625. The molecule has 1 aliphatic rings. The molecule has 0 unspecified atom stereocenters.